The molecule has 1 fully saturated rings. The molecule has 0 heterocycles. The number of hydrogen-bond donors (Lipinski definition) is 2. The van der Waals surface area contributed by atoms with Gasteiger partial charge in [0.25, 0.3) is 0 Å². The molecule has 0 aromatic heterocycles. The van der Waals surface area contributed by atoms with Crippen molar-refractivity contribution >= 4 is 5.78 Å². The summed E-state index contributed by atoms with van der Waals surface area (Å²) in [5.74, 6) is 0.683. The van der Waals surface area contributed by atoms with E-state index in [1.54, 1.807) is 6.08 Å². The van der Waals surface area contributed by atoms with Gasteiger partial charge in [-0.05, 0) is 62.5 Å². The van der Waals surface area contributed by atoms with Crippen molar-refractivity contribution in [1.82, 2.24) is 0 Å². The molecule has 2 N–H and O–H groups in total. The summed E-state index contributed by atoms with van der Waals surface area (Å²) in [5.41, 5.74) is 2.25. The van der Waals surface area contributed by atoms with Crippen LogP contribution in [0.25, 0.3) is 0 Å². The van der Waals surface area contributed by atoms with Crippen LogP contribution in [0.15, 0.2) is 35.5 Å². The van der Waals surface area contributed by atoms with Crippen LogP contribution in [0.1, 0.15) is 47.0 Å². The largest absolute Gasteiger partial charge is 0.389 e. The first kappa shape index (κ1) is 17.2. The lowest BCUT2D eigenvalue weighted by atomic mass is 10.0. The van der Waals surface area contributed by atoms with E-state index in [1.165, 1.54) is 11.6 Å². The highest BCUT2D eigenvalue weighted by Crippen LogP contribution is 2.61. The van der Waals surface area contributed by atoms with Crippen LogP contribution in [-0.2, 0) is 4.79 Å². The molecular weight excluding hydrogens is 276 g/mol. The van der Waals surface area contributed by atoms with E-state index in [4.69, 9.17) is 0 Å². The third-order valence-electron chi connectivity index (χ3n) is 5.20. The fraction of sp³-hybridized carbons (Fsp3) is 0.632. The van der Waals surface area contributed by atoms with Gasteiger partial charge >= 0.3 is 0 Å². The van der Waals surface area contributed by atoms with Crippen LogP contribution in [0.4, 0.5) is 0 Å². The fourth-order valence-electron chi connectivity index (χ4n) is 3.62. The minimum absolute atomic E-state index is 0.215. The first-order valence-electron chi connectivity index (χ1n) is 8.14. The molecule has 1 saturated carbocycles. The molecule has 2 rings (SSSR count). The maximum Gasteiger partial charge on any atom is 0.187 e. The Kier molecular flexibility index (Phi) is 5.08. The zero-order chi connectivity index (χ0) is 16.5. The van der Waals surface area contributed by atoms with E-state index in [2.05, 4.69) is 20.8 Å². The summed E-state index contributed by atoms with van der Waals surface area (Å²) in [6, 6.07) is 0. The lowest BCUT2D eigenvalue weighted by molar-refractivity contribution is -0.120. The Balaban J connectivity index is 2.22. The normalized spacial score (nSPS) is 42.2. The van der Waals surface area contributed by atoms with Crippen molar-refractivity contribution in [3.63, 3.8) is 0 Å². The summed E-state index contributed by atoms with van der Waals surface area (Å²) < 4.78 is 0. The second-order valence-corrected chi connectivity index (χ2v) is 7.50. The van der Waals surface area contributed by atoms with E-state index in [0.29, 0.717) is 18.3 Å². The second-order valence-electron chi connectivity index (χ2n) is 7.50. The predicted molar refractivity (Wildman–Crippen MR) is 88.3 cm³/mol. The molecule has 3 nitrogen and oxygen atoms in total. The molecule has 2 aliphatic carbocycles. The Bertz CT molecular complexity index is 525. The van der Waals surface area contributed by atoms with Crippen molar-refractivity contribution in [3.8, 4) is 0 Å². The first-order chi connectivity index (χ1) is 10.2. The number of aliphatic hydroxyl groups excluding tert-OH is 2. The molecule has 122 valence electrons. The Morgan fingerprint density at radius 3 is 2.50 bits per heavy atom. The molecule has 4 unspecified atom stereocenters. The summed E-state index contributed by atoms with van der Waals surface area (Å²) in [6.07, 6.45) is 7.78. The highest BCUT2D eigenvalue weighted by Gasteiger charge is 2.55. The van der Waals surface area contributed by atoms with Crippen LogP contribution >= 0.6 is 0 Å². The predicted octanol–water partition coefficient (Wildman–Crippen LogP) is 3.18. The molecule has 4 atom stereocenters. The third-order valence-corrected chi connectivity index (χ3v) is 5.20. The Morgan fingerprint density at radius 1 is 1.14 bits per heavy atom. The molecule has 2 aliphatic rings. The van der Waals surface area contributed by atoms with Gasteiger partial charge in [-0.2, -0.15) is 0 Å². The average molecular weight is 304 g/mol. The fourth-order valence-corrected chi connectivity index (χ4v) is 3.62. The van der Waals surface area contributed by atoms with Gasteiger partial charge in [0.1, 0.15) is 6.10 Å². The van der Waals surface area contributed by atoms with E-state index in [1.807, 2.05) is 19.1 Å². The van der Waals surface area contributed by atoms with Crippen molar-refractivity contribution in [2.24, 2.45) is 17.3 Å². The summed E-state index contributed by atoms with van der Waals surface area (Å²) in [6.45, 7) is 8.35. The molecule has 0 aromatic carbocycles. The van der Waals surface area contributed by atoms with Gasteiger partial charge in [-0.25, -0.2) is 0 Å². The standard InChI is InChI=1S/C19H28O3/c1-12-5-6-15-16(19(15,3)4)7-8-17(21)18(22)11-13(2)10-14(20)9-12/h7-9,11,14-16,18,20,22H,5-6,10H2,1-4H3/b8-7+,12-9+,13-11+. The number of rotatable bonds is 0. The molecule has 0 spiro atoms. The third kappa shape index (κ3) is 3.96. The summed E-state index contributed by atoms with van der Waals surface area (Å²) in [5, 5.41) is 20.0. The summed E-state index contributed by atoms with van der Waals surface area (Å²) in [7, 11) is 0. The smallest absolute Gasteiger partial charge is 0.187 e. The van der Waals surface area contributed by atoms with Gasteiger partial charge in [0.2, 0.25) is 0 Å². The van der Waals surface area contributed by atoms with E-state index in [-0.39, 0.29) is 11.2 Å². The maximum absolute atomic E-state index is 12.0. The van der Waals surface area contributed by atoms with Crippen LogP contribution in [0.5, 0.6) is 0 Å². The van der Waals surface area contributed by atoms with Crippen LogP contribution < -0.4 is 0 Å². The number of allylic oxidation sites excluding steroid dienone is 2. The van der Waals surface area contributed by atoms with Gasteiger partial charge in [0.15, 0.2) is 5.78 Å². The van der Waals surface area contributed by atoms with Gasteiger partial charge in [-0.3, -0.25) is 4.79 Å². The zero-order valence-corrected chi connectivity index (χ0v) is 14.0. The minimum Gasteiger partial charge on any atom is -0.389 e. The highest BCUT2D eigenvalue weighted by molar-refractivity contribution is 5.94. The highest BCUT2D eigenvalue weighted by atomic mass is 16.3. The van der Waals surface area contributed by atoms with Crippen molar-refractivity contribution in [3.05, 3.63) is 35.5 Å². The maximum atomic E-state index is 12.0. The monoisotopic (exact) mass is 304 g/mol. The topological polar surface area (TPSA) is 57.5 Å². The van der Waals surface area contributed by atoms with Gasteiger partial charge in [-0.15, -0.1) is 0 Å². The van der Waals surface area contributed by atoms with Crippen LogP contribution in [-0.4, -0.2) is 28.2 Å². The Hall–Kier alpha value is -1.19. The van der Waals surface area contributed by atoms with Gasteiger partial charge in [-0.1, -0.05) is 37.1 Å². The number of carbonyl (C=O) groups excluding carboxylic acids is 1. The number of hydrogen-bond acceptors (Lipinski definition) is 3. The number of fused-ring (bicyclic) bond motifs is 1. The molecule has 0 radical (unpaired) electrons. The van der Waals surface area contributed by atoms with E-state index < -0.39 is 12.2 Å². The molecule has 0 amide bonds. The van der Waals surface area contributed by atoms with E-state index >= 15 is 0 Å². The van der Waals surface area contributed by atoms with Crippen molar-refractivity contribution in [2.75, 3.05) is 0 Å². The van der Waals surface area contributed by atoms with Gasteiger partial charge < -0.3 is 10.2 Å². The SMILES string of the molecule is C/C1=C\C(O)C/C(C)=C/C(O)C(=O)/C=C/C2C(CC1)C2(C)C. The van der Waals surface area contributed by atoms with Crippen LogP contribution in [0.3, 0.4) is 0 Å². The number of ketones is 1. The zero-order valence-electron chi connectivity index (χ0n) is 14.0. The molecule has 3 heteroatoms. The minimum atomic E-state index is -1.11. The lowest BCUT2D eigenvalue weighted by Crippen LogP contribution is -2.16. The van der Waals surface area contributed by atoms with Crippen LogP contribution in [0.2, 0.25) is 0 Å². The Morgan fingerprint density at radius 2 is 1.82 bits per heavy atom. The molecule has 0 bridgehead atoms. The van der Waals surface area contributed by atoms with Crippen molar-refractivity contribution in [1.29, 1.82) is 0 Å². The quantitative estimate of drug-likeness (QED) is 0.676. The van der Waals surface area contributed by atoms with Crippen molar-refractivity contribution in [2.45, 2.75) is 59.2 Å². The molecule has 0 saturated heterocycles. The first-order valence-corrected chi connectivity index (χ1v) is 8.14. The Labute approximate surface area is 133 Å². The average Bonchev–Trinajstić information content (AvgIpc) is 2.92. The number of aliphatic hydroxyl groups is 2. The van der Waals surface area contributed by atoms with Crippen LogP contribution in [0, 0.1) is 17.3 Å². The lowest BCUT2D eigenvalue weighted by Gasteiger charge is -2.11. The number of carbonyl (C=O) groups is 1. The second kappa shape index (κ2) is 6.51. The summed E-state index contributed by atoms with van der Waals surface area (Å²) >= 11 is 0. The van der Waals surface area contributed by atoms with E-state index in [0.717, 1.165) is 18.4 Å². The summed E-state index contributed by atoms with van der Waals surface area (Å²) in [4.78, 5) is 12.0. The van der Waals surface area contributed by atoms with Gasteiger partial charge in [0, 0.05) is 0 Å². The van der Waals surface area contributed by atoms with Crippen molar-refractivity contribution < 1.29 is 15.0 Å². The molecular formula is C19H28O3. The molecule has 0 aromatic rings. The molecule has 0 aliphatic heterocycles. The molecule has 22 heavy (non-hydrogen) atoms. The van der Waals surface area contributed by atoms with Gasteiger partial charge in [0.05, 0.1) is 6.10 Å². The van der Waals surface area contributed by atoms with E-state index in [9.17, 15) is 15.0 Å².